The second-order valence-corrected chi connectivity index (χ2v) is 9.37. The van der Waals surface area contributed by atoms with Crippen LogP contribution in [0.1, 0.15) is 36.0 Å². The van der Waals surface area contributed by atoms with Gasteiger partial charge in [-0.05, 0) is 62.9 Å². The lowest BCUT2D eigenvalue weighted by Crippen LogP contribution is -2.50. The molecular weight excluding hydrogens is 376 g/mol. The van der Waals surface area contributed by atoms with Gasteiger partial charge in [0.05, 0.1) is 0 Å². The number of carbonyl (C=O) groups excluding carboxylic acids is 2. The Morgan fingerprint density at radius 1 is 0.967 bits per heavy atom. The molecule has 0 aliphatic carbocycles. The summed E-state index contributed by atoms with van der Waals surface area (Å²) in [6.07, 6.45) is 5.13. The molecule has 0 N–H and O–H groups in total. The van der Waals surface area contributed by atoms with Crippen molar-refractivity contribution in [2.45, 2.75) is 25.7 Å². The summed E-state index contributed by atoms with van der Waals surface area (Å²) in [5, 5.41) is 0. The molecule has 30 heavy (non-hydrogen) atoms. The number of likely N-dealkylation sites (tertiary alicyclic amines) is 1. The van der Waals surface area contributed by atoms with Crippen LogP contribution < -0.4 is 4.90 Å². The number of aldehydes is 1. The first-order valence-electron chi connectivity index (χ1n) is 11.6. The van der Waals surface area contributed by atoms with Crippen LogP contribution >= 0.6 is 0 Å². The fraction of sp³-hybridized carbons (Fsp3) is 0.667. The lowest BCUT2D eigenvalue weighted by molar-refractivity contribution is -0.138. The molecule has 3 heterocycles. The van der Waals surface area contributed by atoms with E-state index >= 15 is 0 Å². The fourth-order valence-corrected chi connectivity index (χ4v) is 5.22. The van der Waals surface area contributed by atoms with E-state index in [9.17, 15) is 9.59 Å². The van der Waals surface area contributed by atoms with E-state index in [-0.39, 0.29) is 5.92 Å². The number of piperidine rings is 2. The van der Waals surface area contributed by atoms with Crippen LogP contribution in [0.15, 0.2) is 24.3 Å². The van der Waals surface area contributed by atoms with Gasteiger partial charge in [-0.25, -0.2) is 0 Å². The molecule has 4 rings (SSSR count). The van der Waals surface area contributed by atoms with Crippen LogP contribution in [0, 0.1) is 11.8 Å². The zero-order chi connectivity index (χ0) is 20.9. The maximum Gasteiger partial charge on any atom is 0.225 e. The summed E-state index contributed by atoms with van der Waals surface area (Å²) in [5.41, 5.74) is 1.86. The van der Waals surface area contributed by atoms with Crippen molar-refractivity contribution in [2.24, 2.45) is 11.8 Å². The molecule has 1 aromatic rings. The number of likely N-dealkylation sites (N-methyl/N-ethyl adjacent to an activating group) is 1. The van der Waals surface area contributed by atoms with E-state index in [1.54, 1.807) is 0 Å². The Morgan fingerprint density at radius 2 is 1.67 bits per heavy atom. The summed E-state index contributed by atoms with van der Waals surface area (Å²) >= 11 is 0. The van der Waals surface area contributed by atoms with Gasteiger partial charge in [0.1, 0.15) is 6.29 Å². The summed E-state index contributed by atoms with van der Waals surface area (Å²) in [7, 11) is 2.20. The Labute approximate surface area is 180 Å². The quantitative estimate of drug-likeness (QED) is 0.694. The summed E-state index contributed by atoms with van der Waals surface area (Å²) in [5.74, 6) is 1.18. The molecule has 6 heteroatoms. The number of piperazine rings is 1. The number of hydrogen-bond donors (Lipinski definition) is 0. The molecule has 3 saturated heterocycles. The van der Waals surface area contributed by atoms with E-state index in [1.165, 1.54) is 6.42 Å². The molecule has 3 fully saturated rings. The number of hydrogen-bond acceptors (Lipinski definition) is 5. The second kappa shape index (κ2) is 9.92. The first-order chi connectivity index (χ1) is 14.6. The maximum atomic E-state index is 13.2. The average Bonchev–Trinajstić information content (AvgIpc) is 2.80. The van der Waals surface area contributed by atoms with Gasteiger partial charge in [0, 0.05) is 76.1 Å². The minimum atomic E-state index is 0.165. The molecule has 6 nitrogen and oxygen atoms in total. The van der Waals surface area contributed by atoms with E-state index in [0.29, 0.717) is 17.4 Å². The van der Waals surface area contributed by atoms with Gasteiger partial charge in [-0.3, -0.25) is 9.59 Å². The molecule has 164 valence electrons. The van der Waals surface area contributed by atoms with Gasteiger partial charge in [0.15, 0.2) is 0 Å². The molecule has 3 aliphatic heterocycles. The van der Waals surface area contributed by atoms with Crippen molar-refractivity contribution in [1.29, 1.82) is 0 Å². The summed E-state index contributed by atoms with van der Waals surface area (Å²) in [6.45, 7) is 9.49. The highest BCUT2D eigenvalue weighted by Crippen LogP contribution is 2.27. The molecule has 0 aromatic heterocycles. The molecule has 1 amide bonds. The first-order valence-corrected chi connectivity index (χ1v) is 11.6. The molecule has 3 aliphatic rings. The van der Waals surface area contributed by atoms with Crippen LogP contribution in [-0.4, -0.2) is 92.8 Å². The number of anilines is 1. The SMILES string of the molecule is CN1CCN(C[C@H]2CCCN(C(=O)C3CCN(c4ccc(C=O)cc4)CC3)C2)CC1. The fourth-order valence-electron chi connectivity index (χ4n) is 5.22. The second-order valence-electron chi connectivity index (χ2n) is 9.37. The van der Waals surface area contributed by atoms with Crippen LogP contribution in [0.4, 0.5) is 5.69 Å². The number of nitrogens with zero attached hydrogens (tertiary/aromatic N) is 4. The normalized spacial score (nSPS) is 24.8. The van der Waals surface area contributed by atoms with Gasteiger partial charge in [0.2, 0.25) is 5.91 Å². The molecule has 1 aromatic carbocycles. The molecule has 0 saturated carbocycles. The van der Waals surface area contributed by atoms with Gasteiger partial charge < -0.3 is 19.6 Å². The van der Waals surface area contributed by atoms with Crippen LogP contribution in [-0.2, 0) is 4.79 Å². The molecule has 1 atom stereocenters. The van der Waals surface area contributed by atoms with Gasteiger partial charge in [-0.1, -0.05) is 0 Å². The van der Waals surface area contributed by atoms with Crippen LogP contribution in [0.5, 0.6) is 0 Å². The largest absolute Gasteiger partial charge is 0.371 e. The molecular formula is C24H36N4O2. The highest BCUT2D eigenvalue weighted by Gasteiger charge is 2.32. The summed E-state index contributed by atoms with van der Waals surface area (Å²) in [4.78, 5) is 33.6. The monoisotopic (exact) mass is 412 g/mol. The van der Waals surface area contributed by atoms with Crippen LogP contribution in [0.3, 0.4) is 0 Å². The van der Waals surface area contributed by atoms with Crippen molar-refractivity contribution in [3.63, 3.8) is 0 Å². The predicted molar refractivity (Wildman–Crippen MR) is 120 cm³/mol. The number of amides is 1. The zero-order valence-electron chi connectivity index (χ0n) is 18.3. The van der Waals surface area contributed by atoms with E-state index in [1.807, 2.05) is 24.3 Å². The van der Waals surface area contributed by atoms with Gasteiger partial charge >= 0.3 is 0 Å². The van der Waals surface area contributed by atoms with E-state index in [4.69, 9.17) is 0 Å². The zero-order valence-corrected chi connectivity index (χ0v) is 18.3. The standard InChI is InChI=1S/C24H36N4O2/c1-25-13-15-26(16-14-25)17-21-3-2-10-28(18-21)24(30)22-8-11-27(12-9-22)23-6-4-20(19-29)5-7-23/h4-7,19,21-22H,2-3,8-18H2,1H3/t21-/m1/s1. The number of carbonyl (C=O) groups is 2. The lowest BCUT2D eigenvalue weighted by atomic mass is 9.91. The summed E-state index contributed by atoms with van der Waals surface area (Å²) < 4.78 is 0. The van der Waals surface area contributed by atoms with Crippen molar-refractivity contribution in [3.05, 3.63) is 29.8 Å². The Morgan fingerprint density at radius 3 is 2.33 bits per heavy atom. The highest BCUT2D eigenvalue weighted by atomic mass is 16.2. The Hall–Kier alpha value is -1.92. The first kappa shape index (κ1) is 21.3. The van der Waals surface area contributed by atoms with Gasteiger partial charge in [0.25, 0.3) is 0 Å². The average molecular weight is 413 g/mol. The number of benzene rings is 1. The van der Waals surface area contributed by atoms with E-state index in [2.05, 4.69) is 26.6 Å². The maximum absolute atomic E-state index is 13.2. The van der Waals surface area contributed by atoms with Gasteiger partial charge in [-0.15, -0.1) is 0 Å². The highest BCUT2D eigenvalue weighted by molar-refractivity contribution is 5.79. The Kier molecular flexibility index (Phi) is 7.05. The predicted octanol–water partition coefficient (Wildman–Crippen LogP) is 2.20. The Bertz CT molecular complexity index is 706. The van der Waals surface area contributed by atoms with E-state index < -0.39 is 0 Å². The van der Waals surface area contributed by atoms with Crippen molar-refractivity contribution < 1.29 is 9.59 Å². The molecule has 0 spiro atoms. The third kappa shape index (κ3) is 5.22. The molecule has 0 radical (unpaired) electrons. The number of rotatable bonds is 5. The minimum Gasteiger partial charge on any atom is -0.371 e. The van der Waals surface area contributed by atoms with Crippen molar-refractivity contribution >= 4 is 17.9 Å². The molecule has 0 unspecified atom stereocenters. The van der Waals surface area contributed by atoms with Crippen molar-refractivity contribution in [2.75, 3.05) is 70.9 Å². The molecule has 0 bridgehead atoms. The van der Waals surface area contributed by atoms with Crippen LogP contribution in [0.25, 0.3) is 0 Å². The third-order valence-electron chi connectivity index (χ3n) is 7.18. The van der Waals surface area contributed by atoms with Crippen molar-refractivity contribution in [3.8, 4) is 0 Å². The van der Waals surface area contributed by atoms with E-state index in [0.717, 1.165) is 90.1 Å². The van der Waals surface area contributed by atoms with Crippen molar-refractivity contribution in [1.82, 2.24) is 14.7 Å². The smallest absolute Gasteiger partial charge is 0.225 e. The van der Waals surface area contributed by atoms with Crippen LogP contribution in [0.2, 0.25) is 0 Å². The summed E-state index contributed by atoms with van der Waals surface area (Å²) in [6, 6.07) is 7.76. The van der Waals surface area contributed by atoms with Gasteiger partial charge in [-0.2, -0.15) is 0 Å². The topological polar surface area (TPSA) is 47.1 Å². The minimum absolute atomic E-state index is 0.165. The Balaban J connectivity index is 1.25. The third-order valence-corrected chi connectivity index (χ3v) is 7.18. The lowest BCUT2D eigenvalue weighted by Gasteiger charge is -2.40.